The van der Waals surface area contributed by atoms with Gasteiger partial charge >= 0.3 is 0 Å². The summed E-state index contributed by atoms with van der Waals surface area (Å²) in [7, 11) is 1.77. The van der Waals surface area contributed by atoms with Gasteiger partial charge in [-0.15, -0.1) is 0 Å². The zero-order chi connectivity index (χ0) is 25.3. The summed E-state index contributed by atoms with van der Waals surface area (Å²) in [5, 5.41) is 11.8. The molecule has 4 rings (SSSR count). The van der Waals surface area contributed by atoms with Gasteiger partial charge in [-0.25, -0.2) is 8.78 Å². The average molecular weight is 495 g/mol. The van der Waals surface area contributed by atoms with Crippen LogP contribution in [0.25, 0.3) is 11.1 Å². The monoisotopic (exact) mass is 494 g/mol. The molecule has 180 valence electrons. The summed E-state index contributed by atoms with van der Waals surface area (Å²) in [5.74, 6) is -1.68. The highest BCUT2D eigenvalue weighted by Gasteiger charge is 2.16. The van der Waals surface area contributed by atoms with Crippen LogP contribution in [0, 0.1) is 30.9 Å². The SMILES string of the molecule is Cc1cc(CNC(=O)c2cc(Cn3ccn(C)c3=N)cc(-c3c(C)cc(F)cc3F)c2)ccc1Cl. The van der Waals surface area contributed by atoms with Crippen LogP contribution in [0.1, 0.15) is 32.6 Å². The third-order valence-corrected chi connectivity index (χ3v) is 6.32. The van der Waals surface area contributed by atoms with Crippen molar-refractivity contribution in [1.29, 1.82) is 5.41 Å². The summed E-state index contributed by atoms with van der Waals surface area (Å²) in [5.41, 5.74) is 4.27. The van der Waals surface area contributed by atoms with E-state index in [4.69, 9.17) is 17.0 Å². The first kappa shape index (κ1) is 24.4. The number of aryl methyl sites for hydroxylation is 3. The third-order valence-electron chi connectivity index (χ3n) is 5.90. The van der Waals surface area contributed by atoms with E-state index in [1.807, 2.05) is 19.1 Å². The van der Waals surface area contributed by atoms with Crippen LogP contribution in [0.3, 0.4) is 0 Å². The van der Waals surface area contributed by atoms with Crippen molar-refractivity contribution in [1.82, 2.24) is 14.5 Å². The summed E-state index contributed by atoms with van der Waals surface area (Å²) in [4.78, 5) is 13.1. The van der Waals surface area contributed by atoms with E-state index < -0.39 is 11.6 Å². The van der Waals surface area contributed by atoms with Gasteiger partial charge in [-0.1, -0.05) is 23.7 Å². The van der Waals surface area contributed by atoms with Crippen molar-refractivity contribution in [2.75, 3.05) is 0 Å². The lowest BCUT2D eigenvalue weighted by Crippen LogP contribution is -2.24. The fourth-order valence-corrected chi connectivity index (χ4v) is 4.19. The van der Waals surface area contributed by atoms with E-state index in [2.05, 4.69) is 5.32 Å². The molecule has 2 N–H and O–H groups in total. The maximum atomic E-state index is 14.8. The zero-order valence-electron chi connectivity index (χ0n) is 19.6. The topological polar surface area (TPSA) is 62.8 Å². The van der Waals surface area contributed by atoms with E-state index in [-0.39, 0.29) is 17.1 Å². The van der Waals surface area contributed by atoms with Crippen molar-refractivity contribution in [3.63, 3.8) is 0 Å². The van der Waals surface area contributed by atoms with Crippen molar-refractivity contribution in [2.24, 2.45) is 7.05 Å². The van der Waals surface area contributed by atoms with Gasteiger partial charge in [0.05, 0.1) is 6.54 Å². The number of hydrogen-bond donors (Lipinski definition) is 2. The molecule has 5 nitrogen and oxygen atoms in total. The Morgan fingerprint density at radius 1 is 1.00 bits per heavy atom. The number of aromatic nitrogens is 2. The molecule has 0 saturated heterocycles. The molecule has 4 aromatic rings. The number of hydrogen-bond acceptors (Lipinski definition) is 2. The van der Waals surface area contributed by atoms with E-state index in [1.54, 1.807) is 59.8 Å². The van der Waals surface area contributed by atoms with Crippen LogP contribution in [0.15, 0.2) is 60.9 Å². The molecule has 0 aliphatic carbocycles. The van der Waals surface area contributed by atoms with Crippen LogP contribution in [0.2, 0.25) is 5.02 Å². The summed E-state index contributed by atoms with van der Waals surface area (Å²) in [6.45, 7) is 4.13. The maximum Gasteiger partial charge on any atom is 0.251 e. The van der Waals surface area contributed by atoms with Gasteiger partial charge in [0.25, 0.3) is 5.91 Å². The third kappa shape index (κ3) is 5.35. The van der Waals surface area contributed by atoms with Crippen LogP contribution in [0.5, 0.6) is 0 Å². The van der Waals surface area contributed by atoms with Gasteiger partial charge < -0.3 is 14.5 Å². The van der Waals surface area contributed by atoms with Gasteiger partial charge in [-0.05, 0) is 72.0 Å². The van der Waals surface area contributed by atoms with Crippen LogP contribution >= 0.6 is 11.6 Å². The van der Waals surface area contributed by atoms with Crippen LogP contribution in [0.4, 0.5) is 8.78 Å². The second-order valence-electron chi connectivity index (χ2n) is 8.62. The van der Waals surface area contributed by atoms with Crippen molar-refractivity contribution in [3.8, 4) is 11.1 Å². The molecule has 0 aliphatic heterocycles. The minimum Gasteiger partial charge on any atom is -0.348 e. The molecule has 0 radical (unpaired) electrons. The fraction of sp³-hybridized carbons (Fsp3) is 0.185. The quantitative estimate of drug-likeness (QED) is 0.365. The van der Waals surface area contributed by atoms with Gasteiger partial charge in [-0.3, -0.25) is 10.2 Å². The predicted octanol–water partition coefficient (Wildman–Crippen LogP) is 5.50. The molecule has 8 heteroatoms. The Kier molecular flexibility index (Phi) is 6.89. The normalized spacial score (nSPS) is 11.0. The number of amides is 1. The summed E-state index contributed by atoms with van der Waals surface area (Å²) in [6.07, 6.45) is 3.53. The zero-order valence-corrected chi connectivity index (χ0v) is 20.4. The standard InChI is InChI=1S/C27H25ClF2N4O/c1-16-8-18(4-5-23(16)28)14-32-26(35)21-11-19(15-34-7-6-33(3)27(34)31)10-20(12-21)25-17(2)9-22(29)13-24(25)30/h4-13,31H,14-15H2,1-3H3,(H,32,35). The van der Waals surface area contributed by atoms with E-state index in [9.17, 15) is 13.6 Å². The van der Waals surface area contributed by atoms with Crippen LogP contribution in [-0.4, -0.2) is 15.0 Å². The van der Waals surface area contributed by atoms with E-state index in [0.717, 1.165) is 17.2 Å². The number of imidazole rings is 1. The Morgan fingerprint density at radius 2 is 1.77 bits per heavy atom. The Morgan fingerprint density at radius 3 is 2.43 bits per heavy atom. The van der Waals surface area contributed by atoms with Gasteiger partial charge in [0.2, 0.25) is 5.62 Å². The smallest absolute Gasteiger partial charge is 0.251 e. The molecule has 0 atom stereocenters. The highest BCUT2D eigenvalue weighted by atomic mass is 35.5. The number of benzene rings is 3. The highest BCUT2D eigenvalue weighted by molar-refractivity contribution is 6.31. The molecule has 0 saturated carbocycles. The van der Waals surface area contributed by atoms with Crippen molar-refractivity contribution in [3.05, 3.63) is 111 Å². The van der Waals surface area contributed by atoms with E-state index in [0.29, 0.717) is 40.4 Å². The number of rotatable bonds is 6. The molecule has 3 aromatic carbocycles. The largest absolute Gasteiger partial charge is 0.348 e. The molecule has 0 fully saturated rings. The van der Waals surface area contributed by atoms with Gasteiger partial charge in [-0.2, -0.15) is 0 Å². The first-order valence-corrected chi connectivity index (χ1v) is 11.4. The molecule has 0 spiro atoms. The summed E-state index contributed by atoms with van der Waals surface area (Å²) in [6, 6.07) is 12.7. The summed E-state index contributed by atoms with van der Waals surface area (Å²) >= 11 is 6.09. The Labute approximate surface area is 207 Å². The van der Waals surface area contributed by atoms with Crippen LogP contribution in [-0.2, 0) is 20.1 Å². The number of carbonyl (C=O) groups excluding carboxylic acids is 1. The minimum absolute atomic E-state index is 0.236. The second kappa shape index (κ2) is 9.88. The lowest BCUT2D eigenvalue weighted by Gasteiger charge is -2.14. The molecule has 1 heterocycles. The van der Waals surface area contributed by atoms with E-state index >= 15 is 0 Å². The first-order chi connectivity index (χ1) is 16.6. The second-order valence-corrected chi connectivity index (χ2v) is 9.03. The minimum atomic E-state index is -0.698. The van der Waals surface area contributed by atoms with Gasteiger partial charge in [0, 0.05) is 48.2 Å². The van der Waals surface area contributed by atoms with Crippen molar-refractivity contribution >= 4 is 17.5 Å². The number of halogens is 3. The number of carbonyl (C=O) groups is 1. The molecule has 0 bridgehead atoms. The Hall–Kier alpha value is -3.71. The van der Waals surface area contributed by atoms with Gasteiger partial charge in [0.15, 0.2) is 0 Å². The lowest BCUT2D eigenvalue weighted by molar-refractivity contribution is 0.0951. The van der Waals surface area contributed by atoms with Gasteiger partial charge in [0.1, 0.15) is 11.6 Å². The predicted molar refractivity (Wildman–Crippen MR) is 132 cm³/mol. The van der Waals surface area contributed by atoms with Crippen molar-refractivity contribution in [2.45, 2.75) is 26.9 Å². The Bertz CT molecular complexity index is 1470. The maximum absolute atomic E-state index is 14.8. The number of nitrogens with one attached hydrogen (secondary N) is 2. The molecule has 0 aliphatic rings. The molecule has 0 unspecified atom stereocenters. The first-order valence-electron chi connectivity index (χ1n) is 11.0. The fourth-order valence-electron chi connectivity index (χ4n) is 4.08. The summed E-state index contributed by atoms with van der Waals surface area (Å²) < 4.78 is 31.9. The molecular formula is C27H25ClF2N4O. The molecule has 35 heavy (non-hydrogen) atoms. The Balaban J connectivity index is 1.71. The van der Waals surface area contributed by atoms with Crippen molar-refractivity contribution < 1.29 is 13.6 Å². The molecule has 1 aromatic heterocycles. The number of nitrogens with zero attached hydrogens (tertiary/aromatic N) is 2. The van der Waals surface area contributed by atoms with Crippen LogP contribution < -0.4 is 10.9 Å². The molecule has 1 amide bonds. The van der Waals surface area contributed by atoms with E-state index in [1.165, 1.54) is 6.07 Å². The lowest BCUT2D eigenvalue weighted by atomic mass is 9.95. The molecular weight excluding hydrogens is 470 g/mol. The highest BCUT2D eigenvalue weighted by Crippen LogP contribution is 2.30. The average Bonchev–Trinajstić information content (AvgIpc) is 3.11.